The number of thioether (sulfide) groups is 1. The molecule has 0 aromatic heterocycles. The minimum atomic E-state index is -0.530. The van der Waals surface area contributed by atoms with Gasteiger partial charge in [0.2, 0.25) is 0 Å². The first-order valence-electron chi connectivity index (χ1n) is 7.62. The van der Waals surface area contributed by atoms with Crippen molar-refractivity contribution in [1.82, 2.24) is 0 Å². The van der Waals surface area contributed by atoms with E-state index in [0.717, 1.165) is 5.56 Å². The van der Waals surface area contributed by atoms with E-state index in [1.165, 1.54) is 11.8 Å². The smallest absolute Gasteiger partial charge is 0.312 e. The van der Waals surface area contributed by atoms with Gasteiger partial charge in [0.1, 0.15) is 18.8 Å². The highest BCUT2D eigenvalue weighted by molar-refractivity contribution is 7.98. The highest BCUT2D eigenvalue weighted by atomic mass is 32.2. The van der Waals surface area contributed by atoms with Gasteiger partial charge in [-0.2, -0.15) is 0 Å². The third-order valence-corrected chi connectivity index (χ3v) is 4.08. The van der Waals surface area contributed by atoms with E-state index < -0.39 is 18.1 Å². The van der Waals surface area contributed by atoms with Crippen molar-refractivity contribution in [3.05, 3.63) is 35.9 Å². The second-order valence-electron chi connectivity index (χ2n) is 5.45. The summed E-state index contributed by atoms with van der Waals surface area (Å²) in [4.78, 5) is 24.2. The van der Waals surface area contributed by atoms with Crippen molar-refractivity contribution >= 4 is 23.7 Å². The van der Waals surface area contributed by atoms with Gasteiger partial charge in [-0.05, 0) is 25.2 Å². The van der Waals surface area contributed by atoms with E-state index in [0.29, 0.717) is 12.4 Å². The Bertz CT molecular complexity index is 519. The van der Waals surface area contributed by atoms with Gasteiger partial charge in [0.25, 0.3) is 0 Å². The lowest BCUT2D eigenvalue weighted by Crippen LogP contribution is -2.41. The van der Waals surface area contributed by atoms with Crippen LogP contribution in [0.1, 0.15) is 18.9 Å². The second kappa shape index (κ2) is 8.93. The Hall–Kier alpha value is -1.53. The van der Waals surface area contributed by atoms with Crippen LogP contribution in [-0.2, 0) is 30.2 Å². The first kappa shape index (κ1) is 17.8. The molecule has 1 aliphatic heterocycles. The maximum Gasteiger partial charge on any atom is 0.312 e. The van der Waals surface area contributed by atoms with E-state index in [-0.39, 0.29) is 25.0 Å². The molecule has 0 N–H and O–H groups in total. The molecule has 0 amide bonds. The topological polar surface area (TPSA) is 61.8 Å². The highest BCUT2D eigenvalue weighted by Gasteiger charge is 2.37. The van der Waals surface area contributed by atoms with Crippen LogP contribution in [0.5, 0.6) is 0 Å². The SMILES string of the molecule is CSCO[C@H]1[C@H](C)OC(=O)CCOC(=O)[C@@H]1Cc1ccccc1. The van der Waals surface area contributed by atoms with E-state index in [1.54, 1.807) is 6.92 Å². The van der Waals surface area contributed by atoms with Crippen LogP contribution in [0.15, 0.2) is 30.3 Å². The minimum absolute atomic E-state index is 0.0466. The minimum Gasteiger partial charge on any atom is -0.465 e. The molecule has 0 saturated carbocycles. The Kier molecular flexibility index (Phi) is 6.92. The highest BCUT2D eigenvalue weighted by Crippen LogP contribution is 2.24. The standard InChI is InChI=1S/C17H22O5S/c1-12-16(21-11-23-2)14(10-13-6-4-3-5-7-13)17(19)20-9-8-15(18)22-12/h3-7,12,14,16H,8-11H2,1-2H3/t12-,14+,16-/m0/s1. The number of ether oxygens (including phenoxy) is 3. The molecule has 6 heteroatoms. The first-order valence-corrected chi connectivity index (χ1v) is 9.01. The number of carbonyl (C=O) groups excluding carboxylic acids is 2. The fourth-order valence-electron chi connectivity index (χ4n) is 2.60. The predicted octanol–water partition coefficient (Wildman–Crippen LogP) is 2.43. The molecule has 1 fully saturated rings. The first-order chi connectivity index (χ1) is 11.1. The summed E-state index contributed by atoms with van der Waals surface area (Å²) in [6.45, 7) is 1.81. The Balaban J connectivity index is 2.24. The fraction of sp³-hybridized carbons (Fsp3) is 0.529. The van der Waals surface area contributed by atoms with Crippen LogP contribution >= 0.6 is 11.8 Å². The quantitative estimate of drug-likeness (QED) is 0.607. The molecule has 0 spiro atoms. The molecule has 0 aliphatic carbocycles. The van der Waals surface area contributed by atoms with Crippen LogP contribution in [0, 0.1) is 5.92 Å². The van der Waals surface area contributed by atoms with E-state index in [9.17, 15) is 9.59 Å². The summed E-state index contributed by atoms with van der Waals surface area (Å²) in [7, 11) is 0. The summed E-state index contributed by atoms with van der Waals surface area (Å²) in [6.07, 6.45) is 1.44. The average molecular weight is 338 g/mol. The van der Waals surface area contributed by atoms with Crippen molar-refractivity contribution in [2.45, 2.75) is 32.0 Å². The molecule has 0 bridgehead atoms. The molecule has 1 heterocycles. The summed E-state index contributed by atoms with van der Waals surface area (Å²) in [5, 5.41) is 0. The number of cyclic esters (lactones) is 2. The molecule has 126 valence electrons. The largest absolute Gasteiger partial charge is 0.465 e. The van der Waals surface area contributed by atoms with E-state index in [1.807, 2.05) is 36.6 Å². The van der Waals surface area contributed by atoms with Crippen molar-refractivity contribution < 1.29 is 23.8 Å². The van der Waals surface area contributed by atoms with Crippen molar-refractivity contribution in [2.75, 3.05) is 18.8 Å². The van der Waals surface area contributed by atoms with Crippen molar-refractivity contribution in [1.29, 1.82) is 0 Å². The van der Waals surface area contributed by atoms with Crippen LogP contribution in [-0.4, -0.2) is 42.9 Å². The van der Waals surface area contributed by atoms with Crippen LogP contribution in [0.4, 0.5) is 0 Å². The van der Waals surface area contributed by atoms with Crippen LogP contribution in [0.2, 0.25) is 0 Å². The number of carbonyl (C=O) groups is 2. The van der Waals surface area contributed by atoms with E-state index >= 15 is 0 Å². The molecule has 0 unspecified atom stereocenters. The zero-order valence-corrected chi connectivity index (χ0v) is 14.2. The van der Waals surface area contributed by atoms with Gasteiger partial charge in [-0.15, -0.1) is 11.8 Å². The molecule has 3 atom stereocenters. The molecule has 5 nitrogen and oxygen atoms in total. The maximum absolute atomic E-state index is 12.5. The number of hydrogen-bond acceptors (Lipinski definition) is 6. The average Bonchev–Trinajstić information content (AvgIpc) is 2.58. The zero-order valence-electron chi connectivity index (χ0n) is 13.4. The van der Waals surface area contributed by atoms with Gasteiger partial charge >= 0.3 is 11.9 Å². The molecule has 1 aromatic carbocycles. The van der Waals surface area contributed by atoms with Crippen LogP contribution in [0.25, 0.3) is 0 Å². The van der Waals surface area contributed by atoms with Gasteiger partial charge in [-0.1, -0.05) is 30.3 Å². The molecule has 2 rings (SSSR count). The van der Waals surface area contributed by atoms with Crippen molar-refractivity contribution in [3.63, 3.8) is 0 Å². The Morgan fingerprint density at radius 3 is 2.70 bits per heavy atom. The Morgan fingerprint density at radius 1 is 1.26 bits per heavy atom. The number of benzene rings is 1. The summed E-state index contributed by atoms with van der Waals surface area (Å²) >= 11 is 1.51. The maximum atomic E-state index is 12.5. The lowest BCUT2D eigenvalue weighted by atomic mass is 9.91. The molecule has 1 saturated heterocycles. The number of rotatable bonds is 5. The van der Waals surface area contributed by atoms with Crippen molar-refractivity contribution in [2.24, 2.45) is 5.92 Å². The van der Waals surface area contributed by atoms with Gasteiger partial charge in [-0.3, -0.25) is 9.59 Å². The van der Waals surface area contributed by atoms with Gasteiger partial charge in [0.15, 0.2) is 0 Å². The van der Waals surface area contributed by atoms with Crippen LogP contribution in [0.3, 0.4) is 0 Å². The molecular weight excluding hydrogens is 316 g/mol. The number of hydrogen-bond donors (Lipinski definition) is 0. The summed E-state index contributed by atoms with van der Waals surface area (Å²) in [5.74, 6) is -0.801. The summed E-state index contributed by atoms with van der Waals surface area (Å²) in [5.41, 5.74) is 1.02. The lowest BCUT2D eigenvalue weighted by Gasteiger charge is -2.29. The van der Waals surface area contributed by atoms with Crippen molar-refractivity contribution in [3.8, 4) is 0 Å². The molecule has 23 heavy (non-hydrogen) atoms. The molecule has 0 radical (unpaired) electrons. The Morgan fingerprint density at radius 2 is 2.00 bits per heavy atom. The fourth-order valence-corrected chi connectivity index (χ4v) is 2.90. The third-order valence-electron chi connectivity index (χ3n) is 3.71. The summed E-state index contributed by atoms with van der Waals surface area (Å²) < 4.78 is 16.5. The zero-order chi connectivity index (χ0) is 16.7. The van der Waals surface area contributed by atoms with Gasteiger partial charge in [0.05, 0.1) is 18.3 Å². The predicted molar refractivity (Wildman–Crippen MR) is 88.0 cm³/mol. The van der Waals surface area contributed by atoms with E-state index in [2.05, 4.69) is 0 Å². The second-order valence-corrected chi connectivity index (χ2v) is 6.26. The van der Waals surface area contributed by atoms with Crippen LogP contribution < -0.4 is 0 Å². The third kappa shape index (κ3) is 5.25. The molecule has 1 aromatic rings. The van der Waals surface area contributed by atoms with E-state index in [4.69, 9.17) is 14.2 Å². The van der Waals surface area contributed by atoms with Gasteiger partial charge < -0.3 is 14.2 Å². The summed E-state index contributed by atoms with van der Waals surface area (Å²) in [6, 6.07) is 9.70. The monoisotopic (exact) mass is 338 g/mol. The Labute approximate surface area is 140 Å². The molecular formula is C17H22O5S. The number of esters is 2. The normalized spacial score (nSPS) is 25.7. The van der Waals surface area contributed by atoms with Gasteiger partial charge in [-0.25, -0.2) is 0 Å². The van der Waals surface area contributed by atoms with Gasteiger partial charge in [0, 0.05) is 0 Å². The lowest BCUT2D eigenvalue weighted by molar-refractivity contribution is -0.161. The molecule has 1 aliphatic rings.